The lowest BCUT2D eigenvalue weighted by Gasteiger charge is -2.31. The molecule has 5 rings (SSSR count). The summed E-state index contributed by atoms with van der Waals surface area (Å²) in [6.45, 7) is 1.49. The lowest BCUT2D eigenvalue weighted by molar-refractivity contribution is 0.473. The van der Waals surface area contributed by atoms with Crippen molar-refractivity contribution in [1.29, 1.82) is 0 Å². The number of rotatable bonds is 3. The van der Waals surface area contributed by atoms with Crippen molar-refractivity contribution in [1.82, 2.24) is 34.3 Å². The molecule has 1 aliphatic heterocycles. The molecule has 9 nitrogen and oxygen atoms in total. The summed E-state index contributed by atoms with van der Waals surface area (Å²) < 4.78 is 3.40. The molecule has 0 unspecified atom stereocenters. The van der Waals surface area contributed by atoms with Gasteiger partial charge in [0.05, 0.1) is 5.69 Å². The first-order valence-electron chi connectivity index (χ1n) is 9.60. The highest BCUT2D eigenvalue weighted by Gasteiger charge is 2.27. The fourth-order valence-corrected chi connectivity index (χ4v) is 3.78. The molecule has 0 radical (unpaired) electrons. The van der Waals surface area contributed by atoms with Crippen molar-refractivity contribution >= 4 is 11.5 Å². The van der Waals surface area contributed by atoms with Crippen LogP contribution in [0.2, 0.25) is 0 Å². The molecule has 5 heterocycles. The van der Waals surface area contributed by atoms with Gasteiger partial charge in [-0.3, -0.25) is 9.78 Å². The van der Waals surface area contributed by atoms with Crippen LogP contribution in [0.5, 0.6) is 0 Å². The average Bonchev–Trinajstić information content (AvgIpc) is 3.20. The van der Waals surface area contributed by atoms with E-state index in [-0.39, 0.29) is 11.5 Å². The number of nitrogens with zero attached hydrogens (tertiary/aromatic N) is 8. The second kappa shape index (κ2) is 7.08. The Labute approximate surface area is 166 Å². The van der Waals surface area contributed by atoms with Gasteiger partial charge in [0, 0.05) is 56.4 Å². The molecule has 29 heavy (non-hydrogen) atoms. The summed E-state index contributed by atoms with van der Waals surface area (Å²) in [4.78, 5) is 22.9. The molecule has 4 aromatic rings. The summed E-state index contributed by atoms with van der Waals surface area (Å²) in [7, 11) is 1.74. The second-order valence-corrected chi connectivity index (χ2v) is 7.22. The standard InChI is InChI=1S/C20H20N8O/c1-26-12-9-22-19(20(26)29)27-10-6-14(7-11-27)18-24-23-17-5-4-16(25-28(17)18)15-3-2-8-21-13-15/h2-5,8-9,12-14H,6-7,10-11H2,1H3. The Morgan fingerprint density at radius 2 is 1.93 bits per heavy atom. The Balaban J connectivity index is 1.41. The number of piperidine rings is 1. The highest BCUT2D eigenvalue weighted by atomic mass is 16.1. The van der Waals surface area contributed by atoms with Crippen LogP contribution in [-0.4, -0.2) is 47.4 Å². The van der Waals surface area contributed by atoms with E-state index in [9.17, 15) is 4.79 Å². The largest absolute Gasteiger partial charge is 0.352 e. The van der Waals surface area contributed by atoms with Gasteiger partial charge in [0.1, 0.15) is 0 Å². The van der Waals surface area contributed by atoms with Crippen molar-refractivity contribution in [3.05, 3.63) is 65.2 Å². The second-order valence-electron chi connectivity index (χ2n) is 7.22. The number of hydrogen-bond donors (Lipinski definition) is 0. The summed E-state index contributed by atoms with van der Waals surface area (Å²) in [6, 6.07) is 7.74. The topological polar surface area (TPSA) is 94.1 Å². The van der Waals surface area contributed by atoms with E-state index in [1.807, 2.05) is 28.8 Å². The molecule has 0 atom stereocenters. The van der Waals surface area contributed by atoms with E-state index in [0.717, 1.165) is 48.7 Å². The van der Waals surface area contributed by atoms with Crippen molar-refractivity contribution in [3.8, 4) is 11.3 Å². The Hall–Kier alpha value is -3.62. The van der Waals surface area contributed by atoms with Crippen molar-refractivity contribution in [2.45, 2.75) is 18.8 Å². The molecule has 0 saturated carbocycles. The maximum absolute atomic E-state index is 12.3. The Morgan fingerprint density at radius 1 is 1.07 bits per heavy atom. The minimum Gasteiger partial charge on any atom is -0.352 e. The van der Waals surface area contributed by atoms with Gasteiger partial charge in [0.15, 0.2) is 17.3 Å². The van der Waals surface area contributed by atoms with E-state index >= 15 is 0 Å². The lowest BCUT2D eigenvalue weighted by atomic mass is 9.96. The normalized spacial score (nSPS) is 15.1. The average molecular weight is 388 g/mol. The van der Waals surface area contributed by atoms with Crippen molar-refractivity contribution in [3.63, 3.8) is 0 Å². The summed E-state index contributed by atoms with van der Waals surface area (Å²) in [5.74, 6) is 1.60. The van der Waals surface area contributed by atoms with E-state index in [4.69, 9.17) is 5.10 Å². The summed E-state index contributed by atoms with van der Waals surface area (Å²) in [5, 5.41) is 13.5. The molecule has 0 bridgehead atoms. The highest BCUT2D eigenvalue weighted by Crippen LogP contribution is 2.28. The third kappa shape index (κ3) is 3.14. The third-order valence-electron chi connectivity index (χ3n) is 5.40. The quantitative estimate of drug-likeness (QED) is 0.527. The summed E-state index contributed by atoms with van der Waals surface area (Å²) in [5.41, 5.74) is 2.45. The number of aromatic nitrogens is 7. The summed E-state index contributed by atoms with van der Waals surface area (Å²) in [6.07, 6.45) is 8.60. The molecule has 9 heteroatoms. The molecule has 0 spiro atoms. The van der Waals surface area contributed by atoms with Crippen LogP contribution in [0.1, 0.15) is 24.6 Å². The molecule has 1 saturated heterocycles. The first-order valence-corrected chi connectivity index (χ1v) is 9.60. The van der Waals surface area contributed by atoms with Gasteiger partial charge in [-0.1, -0.05) is 0 Å². The van der Waals surface area contributed by atoms with Gasteiger partial charge in [-0.2, -0.15) is 9.61 Å². The smallest absolute Gasteiger partial charge is 0.293 e. The van der Waals surface area contributed by atoms with E-state index in [2.05, 4.69) is 25.1 Å². The van der Waals surface area contributed by atoms with Crippen LogP contribution in [0.4, 0.5) is 5.82 Å². The van der Waals surface area contributed by atoms with Gasteiger partial charge >= 0.3 is 0 Å². The van der Waals surface area contributed by atoms with Crippen LogP contribution in [-0.2, 0) is 7.05 Å². The van der Waals surface area contributed by atoms with Crippen LogP contribution in [0, 0.1) is 0 Å². The Kier molecular flexibility index (Phi) is 4.27. The predicted octanol–water partition coefficient (Wildman–Crippen LogP) is 1.66. The van der Waals surface area contributed by atoms with Crippen LogP contribution in [0.3, 0.4) is 0 Å². The third-order valence-corrected chi connectivity index (χ3v) is 5.40. The van der Waals surface area contributed by atoms with Gasteiger partial charge in [-0.25, -0.2) is 4.98 Å². The number of fused-ring (bicyclic) bond motifs is 1. The van der Waals surface area contributed by atoms with Gasteiger partial charge in [-0.15, -0.1) is 10.2 Å². The number of aryl methyl sites for hydroxylation is 1. The van der Waals surface area contributed by atoms with Gasteiger partial charge in [-0.05, 0) is 37.1 Å². The molecule has 0 aliphatic carbocycles. The van der Waals surface area contributed by atoms with Crippen molar-refractivity contribution in [2.24, 2.45) is 7.05 Å². The van der Waals surface area contributed by atoms with Gasteiger partial charge < -0.3 is 9.47 Å². The number of hydrogen-bond acceptors (Lipinski definition) is 7. The van der Waals surface area contributed by atoms with Crippen LogP contribution in [0.15, 0.2) is 53.8 Å². The molecular weight excluding hydrogens is 368 g/mol. The van der Waals surface area contributed by atoms with Crippen molar-refractivity contribution < 1.29 is 0 Å². The highest BCUT2D eigenvalue weighted by molar-refractivity contribution is 5.58. The van der Waals surface area contributed by atoms with Gasteiger partial charge in [0.25, 0.3) is 5.56 Å². The number of pyridine rings is 1. The predicted molar refractivity (Wildman–Crippen MR) is 108 cm³/mol. The fraction of sp³-hybridized carbons (Fsp3) is 0.300. The maximum Gasteiger partial charge on any atom is 0.293 e. The molecule has 1 aliphatic rings. The van der Waals surface area contributed by atoms with Gasteiger partial charge in [0.2, 0.25) is 0 Å². The lowest BCUT2D eigenvalue weighted by Crippen LogP contribution is -2.38. The van der Waals surface area contributed by atoms with Crippen LogP contribution >= 0.6 is 0 Å². The molecule has 1 fully saturated rings. The first-order chi connectivity index (χ1) is 14.2. The van der Waals surface area contributed by atoms with Crippen LogP contribution in [0.25, 0.3) is 16.9 Å². The molecule has 0 amide bonds. The number of anilines is 1. The first kappa shape index (κ1) is 17.5. The monoisotopic (exact) mass is 388 g/mol. The Morgan fingerprint density at radius 3 is 2.72 bits per heavy atom. The zero-order valence-corrected chi connectivity index (χ0v) is 16.0. The summed E-state index contributed by atoms with van der Waals surface area (Å²) >= 11 is 0. The molecule has 146 valence electrons. The minimum atomic E-state index is -0.0679. The van der Waals surface area contributed by atoms with E-state index < -0.39 is 0 Å². The zero-order chi connectivity index (χ0) is 19.8. The van der Waals surface area contributed by atoms with Crippen LogP contribution < -0.4 is 10.5 Å². The molecular formula is C20H20N8O. The molecule has 0 aromatic carbocycles. The van der Waals surface area contributed by atoms with E-state index in [1.165, 1.54) is 0 Å². The fourth-order valence-electron chi connectivity index (χ4n) is 3.78. The van der Waals surface area contributed by atoms with Crippen molar-refractivity contribution in [2.75, 3.05) is 18.0 Å². The minimum absolute atomic E-state index is 0.0679. The molecule has 4 aromatic heterocycles. The SMILES string of the molecule is Cn1ccnc(N2CCC(c3nnc4ccc(-c5cccnc5)nn34)CC2)c1=O. The maximum atomic E-state index is 12.3. The zero-order valence-electron chi connectivity index (χ0n) is 16.0. The van der Waals surface area contributed by atoms with E-state index in [1.54, 1.807) is 36.4 Å². The molecule has 0 N–H and O–H groups in total. The Bertz CT molecular complexity index is 1210. The van der Waals surface area contributed by atoms with E-state index in [0.29, 0.717) is 5.82 Å².